The molecule has 1 aromatic carbocycles. The number of rotatable bonds is 1. The molecule has 1 aliphatic rings. The Balaban J connectivity index is 2.12. The first kappa shape index (κ1) is 10.9. The smallest absolute Gasteiger partial charge is 0.436 e. The summed E-state index contributed by atoms with van der Waals surface area (Å²) in [5.41, 5.74) is 1.41. The minimum atomic E-state index is -4.96. The van der Waals surface area contributed by atoms with E-state index in [4.69, 9.17) is 0 Å². The average Bonchev–Trinajstić information content (AvgIpc) is 2.61. The lowest BCUT2D eigenvalue weighted by molar-refractivity contribution is -0.206. The number of fused-ring (bicyclic) bond motifs is 1. The maximum Gasteiger partial charge on any atom is 0.490 e. The summed E-state index contributed by atoms with van der Waals surface area (Å²) in [5.74, 6) is -2.18. The molecule has 1 aromatic rings. The van der Waals surface area contributed by atoms with E-state index in [-0.39, 0.29) is 0 Å². The molecule has 0 amide bonds. The van der Waals surface area contributed by atoms with Crippen molar-refractivity contribution in [2.24, 2.45) is 0 Å². The normalized spacial score (nSPS) is 19.3. The summed E-state index contributed by atoms with van der Waals surface area (Å²) < 4.78 is 40.3. The maximum absolute atomic E-state index is 12.0. The third kappa shape index (κ3) is 2.01. The van der Waals surface area contributed by atoms with Crippen LogP contribution in [0, 0.1) is 0 Å². The number of carbonyl (C=O) groups excluding carboxylic acids is 1. The number of hydrogen-bond donors (Lipinski definition) is 1. The molecule has 1 aliphatic heterocycles. The standard InChI is InChI=1S/C10H8F3NO2/c11-10(12,13)9(15)16-8-7-4-2-1-3-6(7)5-14-8/h1-4,8,14H,5H2. The Morgan fingerprint density at radius 2 is 2.06 bits per heavy atom. The van der Waals surface area contributed by atoms with E-state index in [1.807, 2.05) is 0 Å². The van der Waals surface area contributed by atoms with Crippen molar-refractivity contribution < 1.29 is 22.7 Å². The minimum Gasteiger partial charge on any atom is -0.436 e. The average molecular weight is 231 g/mol. The molecule has 0 saturated heterocycles. The Kier molecular flexibility index (Phi) is 2.59. The number of alkyl halides is 3. The summed E-state index contributed by atoms with van der Waals surface area (Å²) in [6.45, 7) is 0.395. The van der Waals surface area contributed by atoms with E-state index in [0.717, 1.165) is 5.56 Å². The highest BCUT2D eigenvalue weighted by Gasteiger charge is 2.43. The fourth-order valence-corrected chi connectivity index (χ4v) is 1.54. The Morgan fingerprint density at radius 3 is 2.75 bits per heavy atom. The van der Waals surface area contributed by atoms with E-state index in [0.29, 0.717) is 12.1 Å². The molecule has 1 N–H and O–H groups in total. The predicted molar refractivity (Wildman–Crippen MR) is 48.2 cm³/mol. The van der Waals surface area contributed by atoms with Gasteiger partial charge in [-0.1, -0.05) is 24.3 Å². The first-order valence-corrected chi connectivity index (χ1v) is 4.57. The van der Waals surface area contributed by atoms with Crippen LogP contribution < -0.4 is 5.32 Å². The number of carbonyl (C=O) groups is 1. The van der Waals surface area contributed by atoms with Crippen LogP contribution in [-0.2, 0) is 16.1 Å². The first-order chi connectivity index (χ1) is 7.48. The Bertz CT molecular complexity index is 417. The van der Waals surface area contributed by atoms with Gasteiger partial charge in [-0.3, -0.25) is 5.32 Å². The molecule has 0 radical (unpaired) electrons. The van der Waals surface area contributed by atoms with Gasteiger partial charge in [0.25, 0.3) is 0 Å². The summed E-state index contributed by atoms with van der Waals surface area (Å²) in [6.07, 6.45) is -5.97. The molecule has 0 bridgehead atoms. The van der Waals surface area contributed by atoms with E-state index in [9.17, 15) is 18.0 Å². The molecule has 1 atom stereocenters. The summed E-state index contributed by atoms with van der Waals surface area (Å²) in [7, 11) is 0. The molecule has 16 heavy (non-hydrogen) atoms. The monoisotopic (exact) mass is 231 g/mol. The molecule has 0 aliphatic carbocycles. The van der Waals surface area contributed by atoms with E-state index in [1.165, 1.54) is 0 Å². The van der Waals surface area contributed by atoms with E-state index in [2.05, 4.69) is 10.1 Å². The van der Waals surface area contributed by atoms with Crippen molar-refractivity contribution in [3.05, 3.63) is 35.4 Å². The number of benzene rings is 1. The van der Waals surface area contributed by atoms with Crippen LogP contribution in [0.25, 0.3) is 0 Å². The van der Waals surface area contributed by atoms with Crippen LogP contribution in [0.1, 0.15) is 17.4 Å². The van der Waals surface area contributed by atoms with Crippen molar-refractivity contribution in [3.63, 3.8) is 0 Å². The highest BCUT2D eigenvalue weighted by Crippen LogP contribution is 2.28. The highest BCUT2D eigenvalue weighted by atomic mass is 19.4. The van der Waals surface area contributed by atoms with Gasteiger partial charge in [-0.2, -0.15) is 13.2 Å². The number of ether oxygens (including phenoxy) is 1. The van der Waals surface area contributed by atoms with E-state index < -0.39 is 18.4 Å². The first-order valence-electron chi connectivity index (χ1n) is 4.57. The van der Waals surface area contributed by atoms with Gasteiger partial charge in [-0.15, -0.1) is 0 Å². The van der Waals surface area contributed by atoms with E-state index in [1.54, 1.807) is 24.3 Å². The molecule has 6 heteroatoms. The van der Waals surface area contributed by atoms with Crippen molar-refractivity contribution in [3.8, 4) is 0 Å². The van der Waals surface area contributed by atoms with Gasteiger partial charge < -0.3 is 4.74 Å². The zero-order valence-corrected chi connectivity index (χ0v) is 8.04. The van der Waals surface area contributed by atoms with Crippen molar-refractivity contribution in [2.75, 3.05) is 0 Å². The Morgan fingerprint density at radius 1 is 1.38 bits per heavy atom. The summed E-state index contributed by atoms with van der Waals surface area (Å²) in [4.78, 5) is 10.6. The van der Waals surface area contributed by atoms with Crippen LogP contribution in [0.3, 0.4) is 0 Å². The van der Waals surface area contributed by atoms with Gasteiger partial charge >= 0.3 is 12.1 Å². The van der Waals surface area contributed by atoms with Gasteiger partial charge in [0.2, 0.25) is 0 Å². The number of nitrogens with one attached hydrogen (secondary N) is 1. The van der Waals surface area contributed by atoms with Crippen LogP contribution in [0.5, 0.6) is 0 Å². The second-order valence-corrected chi connectivity index (χ2v) is 3.36. The van der Waals surface area contributed by atoms with Gasteiger partial charge in [-0.05, 0) is 5.56 Å². The quantitative estimate of drug-likeness (QED) is 0.750. The van der Waals surface area contributed by atoms with Crippen molar-refractivity contribution >= 4 is 5.97 Å². The predicted octanol–water partition coefficient (Wildman–Crippen LogP) is 1.89. The fraction of sp³-hybridized carbons (Fsp3) is 0.300. The molecule has 0 aromatic heterocycles. The molecule has 1 heterocycles. The second kappa shape index (κ2) is 3.79. The number of halogens is 3. The summed E-state index contributed by atoms with van der Waals surface area (Å²) >= 11 is 0. The van der Waals surface area contributed by atoms with Crippen LogP contribution in [0.4, 0.5) is 13.2 Å². The van der Waals surface area contributed by atoms with E-state index >= 15 is 0 Å². The number of hydrogen-bond acceptors (Lipinski definition) is 3. The van der Waals surface area contributed by atoms with Crippen LogP contribution in [-0.4, -0.2) is 12.1 Å². The Hall–Kier alpha value is -1.56. The second-order valence-electron chi connectivity index (χ2n) is 3.36. The van der Waals surface area contributed by atoms with Gasteiger partial charge in [-0.25, -0.2) is 4.79 Å². The Labute approximate surface area is 89.2 Å². The minimum absolute atomic E-state index is 0.395. The SMILES string of the molecule is O=C(OC1NCc2ccccc21)C(F)(F)F. The van der Waals surface area contributed by atoms with Crippen LogP contribution >= 0.6 is 0 Å². The lowest BCUT2D eigenvalue weighted by Crippen LogP contribution is -2.30. The fourth-order valence-electron chi connectivity index (χ4n) is 1.54. The molecule has 2 rings (SSSR count). The third-order valence-electron chi connectivity index (χ3n) is 2.27. The van der Waals surface area contributed by atoms with Crippen LogP contribution in [0.15, 0.2) is 24.3 Å². The highest BCUT2D eigenvalue weighted by molar-refractivity contribution is 5.76. The van der Waals surface area contributed by atoms with Crippen LogP contribution in [0.2, 0.25) is 0 Å². The number of esters is 1. The van der Waals surface area contributed by atoms with Gasteiger partial charge in [0.05, 0.1) is 0 Å². The van der Waals surface area contributed by atoms with Gasteiger partial charge in [0.1, 0.15) is 0 Å². The summed E-state index contributed by atoms with van der Waals surface area (Å²) in [5, 5.41) is 2.68. The maximum atomic E-state index is 12.0. The molecule has 3 nitrogen and oxygen atoms in total. The third-order valence-corrected chi connectivity index (χ3v) is 2.27. The molecule has 0 saturated carbocycles. The van der Waals surface area contributed by atoms with Crippen molar-refractivity contribution in [1.82, 2.24) is 5.32 Å². The lowest BCUT2D eigenvalue weighted by atomic mass is 10.1. The van der Waals surface area contributed by atoms with Gasteiger partial charge in [0.15, 0.2) is 6.23 Å². The molecule has 1 unspecified atom stereocenters. The summed E-state index contributed by atoms with van der Waals surface area (Å²) in [6, 6.07) is 6.85. The molecular weight excluding hydrogens is 223 g/mol. The largest absolute Gasteiger partial charge is 0.490 e. The van der Waals surface area contributed by atoms with Gasteiger partial charge in [0, 0.05) is 12.1 Å². The topological polar surface area (TPSA) is 38.3 Å². The zero-order chi connectivity index (χ0) is 11.8. The molecule has 0 fully saturated rings. The van der Waals surface area contributed by atoms with Crippen molar-refractivity contribution in [1.29, 1.82) is 0 Å². The molecule has 86 valence electrons. The molecule has 0 spiro atoms. The van der Waals surface area contributed by atoms with Crippen molar-refractivity contribution in [2.45, 2.75) is 18.9 Å². The lowest BCUT2D eigenvalue weighted by Gasteiger charge is -2.14. The molecular formula is C10H8F3NO2. The zero-order valence-electron chi connectivity index (χ0n) is 8.04.